The van der Waals surface area contributed by atoms with Crippen LogP contribution in [0.15, 0.2) is 24.3 Å². The molecule has 1 aromatic rings. The molecule has 1 N–H and O–H groups in total. The van der Waals surface area contributed by atoms with Crippen molar-refractivity contribution in [3.8, 4) is 5.75 Å². The van der Waals surface area contributed by atoms with Crippen LogP contribution in [0.3, 0.4) is 0 Å². The maximum absolute atomic E-state index is 12.5. The van der Waals surface area contributed by atoms with Gasteiger partial charge in [0.05, 0.1) is 7.11 Å². The summed E-state index contributed by atoms with van der Waals surface area (Å²) >= 11 is 0. The predicted molar refractivity (Wildman–Crippen MR) is 90.6 cm³/mol. The molecule has 0 saturated carbocycles. The summed E-state index contributed by atoms with van der Waals surface area (Å²) in [7, 11) is 1.66. The van der Waals surface area contributed by atoms with Crippen LogP contribution in [-0.2, 0) is 16.1 Å². The van der Waals surface area contributed by atoms with Crippen molar-refractivity contribution in [1.82, 2.24) is 15.1 Å². The molecule has 2 heterocycles. The Labute approximate surface area is 142 Å². The number of benzene rings is 1. The summed E-state index contributed by atoms with van der Waals surface area (Å²) in [5.74, 6) is 0.880. The van der Waals surface area contributed by atoms with Crippen LogP contribution in [0, 0.1) is 0 Å². The van der Waals surface area contributed by atoms with E-state index in [-0.39, 0.29) is 23.9 Å². The van der Waals surface area contributed by atoms with Gasteiger partial charge < -0.3 is 15.0 Å². The van der Waals surface area contributed by atoms with E-state index in [1.54, 1.807) is 12.0 Å². The van der Waals surface area contributed by atoms with Crippen LogP contribution in [0.2, 0.25) is 0 Å². The second kappa shape index (κ2) is 7.21. The maximum atomic E-state index is 12.5. The van der Waals surface area contributed by atoms with E-state index in [1.807, 2.05) is 25.1 Å². The topological polar surface area (TPSA) is 61.9 Å². The highest BCUT2D eigenvalue weighted by Gasteiger charge is 2.42. The molecule has 2 amide bonds. The molecule has 0 aliphatic carbocycles. The van der Waals surface area contributed by atoms with Gasteiger partial charge in [-0.15, -0.1) is 0 Å². The molecule has 2 aliphatic heterocycles. The zero-order chi connectivity index (χ0) is 17.1. The van der Waals surface area contributed by atoms with Crippen molar-refractivity contribution in [1.29, 1.82) is 0 Å². The Balaban J connectivity index is 1.66. The van der Waals surface area contributed by atoms with Gasteiger partial charge in [-0.1, -0.05) is 25.5 Å². The molecular formula is C18H25N3O3. The van der Waals surface area contributed by atoms with Gasteiger partial charge >= 0.3 is 0 Å². The molecule has 2 atom stereocenters. The van der Waals surface area contributed by atoms with Crippen LogP contribution in [0.25, 0.3) is 0 Å². The van der Waals surface area contributed by atoms with E-state index in [2.05, 4.69) is 16.3 Å². The fourth-order valence-electron chi connectivity index (χ4n) is 3.51. The number of amides is 2. The first-order valence-corrected chi connectivity index (χ1v) is 8.58. The molecule has 0 spiro atoms. The normalized spacial score (nSPS) is 24.5. The van der Waals surface area contributed by atoms with Gasteiger partial charge in [-0.2, -0.15) is 0 Å². The first-order valence-electron chi connectivity index (χ1n) is 8.58. The number of carbonyl (C=O) groups excluding carboxylic acids is 2. The van der Waals surface area contributed by atoms with Gasteiger partial charge in [0.1, 0.15) is 17.8 Å². The third-order valence-corrected chi connectivity index (χ3v) is 4.78. The Morgan fingerprint density at radius 1 is 1.29 bits per heavy atom. The monoisotopic (exact) mass is 331 g/mol. The minimum Gasteiger partial charge on any atom is -0.497 e. The zero-order valence-electron chi connectivity index (χ0n) is 14.3. The fourth-order valence-corrected chi connectivity index (χ4v) is 3.51. The smallest absolute Gasteiger partial charge is 0.245 e. The summed E-state index contributed by atoms with van der Waals surface area (Å²) in [6, 6.07) is 7.24. The molecule has 2 fully saturated rings. The SMILES string of the molecule is CCC[C@@H]1NC(=O)[C@H]2CN(Cc3cccc(OC)c3)CCN2C1=O. The minimum atomic E-state index is -0.370. The number of nitrogens with zero attached hydrogens (tertiary/aromatic N) is 2. The second-order valence-electron chi connectivity index (χ2n) is 6.48. The van der Waals surface area contributed by atoms with Crippen LogP contribution < -0.4 is 10.1 Å². The molecule has 6 nitrogen and oxygen atoms in total. The van der Waals surface area contributed by atoms with Crippen LogP contribution in [0.4, 0.5) is 0 Å². The summed E-state index contributed by atoms with van der Waals surface area (Å²) < 4.78 is 5.26. The number of rotatable bonds is 5. The molecule has 6 heteroatoms. The fraction of sp³-hybridized carbons (Fsp3) is 0.556. The lowest BCUT2D eigenvalue weighted by Gasteiger charge is -2.45. The number of hydrogen-bond donors (Lipinski definition) is 1. The standard InChI is InChI=1S/C18H25N3O3/c1-3-5-15-18(23)21-9-8-20(12-16(21)17(22)19-15)11-13-6-4-7-14(10-13)24-2/h4,6-7,10,15-16H,3,5,8-9,11-12H2,1-2H3,(H,19,22)/t15-,16+/m0/s1. The van der Waals surface area contributed by atoms with Gasteiger partial charge in [0.15, 0.2) is 0 Å². The van der Waals surface area contributed by atoms with Gasteiger partial charge in [0, 0.05) is 26.2 Å². The maximum Gasteiger partial charge on any atom is 0.245 e. The number of hydrogen-bond acceptors (Lipinski definition) is 4. The molecule has 0 bridgehead atoms. The summed E-state index contributed by atoms with van der Waals surface area (Å²) in [5.41, 5.74) is 1.15. The van der Waals surface area contributed by atoms with E-state index >= 15 is 0 Å². The molecule has 24 heavy (non-hydrogen) atoms. The summed E-state index contributed by atoms with van der Waals surface area (Å²) in [6.45, 7) is 4.75. The van der Waals surface area contributed by atoms with Crippen molar-refractivity contribution in [2.24, 2.45) is 0 Å². The van der Waals surface area contributed by atoms with E-state index in [4.69, 9.17) is 4.74 Å². The largest absolute Gasteiger partial charge is 0.497 e. The highest BCUT2D eigenvalue weighted by Crippen LogP contribution is 2.21. The number of carbonyl (C=O) groups is 2. The van der Waals surface area contributed by atoms with Crippen LogP contribution >= 0.6 is 0 Å². The first-order chi connectivity index (χ1) is 11.6. The van der Waals surface area contributed by atoms with E-state index in [1.165, 1.54) is 0 Å². The number of ether oxygens (including phenoxy) is 1. The van der Waals surface area contributed by atoms with Crippen LogP contribution in [0.1, 0.15) is 25.3 Å². The first kappa shape index (κ1) is 16.8. The van der Waals surface area contributed by atoms with Gasteiger partial charge in [0.2, 0.25) is 11.8 Å². The molecule has 1 aromatic carbocycles. The molecule has 0 unspecified atom stereocenters. The second-order valence-corrected chi connectivity index (χ2v) is 6.48. The lowest BCUT2D eigenvalue weighted by molar-refractivity contribution is -0.153. The molecule has 0 aromatic heterocycles. The van der Waals surface area contributed by atoms with Crippen LogP contribution in [0.5, 0.6) is 5.75 Å². The van der Waals surface area contributed by atoms with Crippen LogP contribution in [-0.4, -0.2) is 60.4 Å². The van der Waals surface area contributed by atoms with Gasteiger partial charge in [0.25, 0.3) is 0 Å². The van der Waals surface area contributed by atoms with Crippen molar-refractivity contribution in [2.75, 3.05) is 26.7 Å². The summed E-state index contributed by atoms with van der Waals surface area (Å²) in [6.07, 6.45) is 1.60. The van der Waals surface area contributed by atoms with Gasteiger partial charge in [-0.25, -0.2) is 0 Å². The van der Waals surface area contributed by atoms with E-state index in [0.29, 0.717) is 19.5 Å². The summed E-state index contributed by atoms with van der Waals surface area (Å²) in [4.78, 5) is 28.9. The van der Waals surface area contributed by atoms with E-state index < -0.39 is 0 Å². The third kappa shape index (κ3) is 3.38. The average molecular weight is 331 g/mol. The predicted octanol–water partition coefficient (Wildman–Crippen LogP) is 1.01. The van der Waals surface area contributed by atoms with Gasteiger partial charge in [-0.05, 0) is 24.1 Å². The number of fused-ring (bicyclic) bond motifs is 1. The van der Waals surface area contributed by atoms with Gasteiger partial charge in [-0.3, -0.25) is 14.5 Å². The molecule has 2 aliphatic rings. The Bertz CT molecular complexity index is 619. The molecule has 0 radical (unpaired) electrons. The average Bonchev–Trinajstić information content (AvgIpc) is 2.60. The lowest BCUT2D eigenvalue weighted by Crippen LogP contribution is -2.69. The number of piperazine rings is 2. The summed E-state index contributed by atoms with van der Waals surface area (Å²) in [5, 5.41) is 2.89. The third-order valence-electron chi connectivity index (χ3n) is 4.78. The number of nitrogens with one attached hydrogen (secondary N) is 1. The van der Waals surface area contributed by atoms with Crippen molar-refractivity contribution >= 4 is 11.8 Å². The zero-order valence-corrected chi connectivity index (χ0v) is 14.3. The van der Waals surface area contributed by atoms with Crippen molar-refractivity contribution in [2.45, 2.75) is 38.4 Å². The Hall–Kier alpha value is -2.08. The minimum absolute atomic E-state index is 0.0246. The molecular weight excluding hydrogens is 306 g/mol. The molecule has 2 saturated heterocycles. The van der Waals surface area contributed by atoms with E-state index in [0.717, 1.165) is 30.8 Å². The Kier molecular flexibility index (Phi) is 5.04. The van der Waals surface area contributed by atoms with Crippen molar-refractivity contribution in [3.63, 3.8) is 0 Å². The Morgan fingerprint density at radius 3 is 2.88 bits per heavy atom. The van der Waals surface area contributed by atoms with Crippen molar-refractivity contribution in [3.05, 3.63) is 29.8 Å². The highest BCUT2D eigenvalue weighted by molar-refractivity contribution is 5.97. The van der Waals surface area contributed by atoms with E-state index in [9.17, 15) is 9.59 Å². The lowest BCUT2D eigenvalue weighted by atomic mass is 10.0. The molecule has 3 rings (SSSR count). The Morgan fingerprint density at radius 2 is 2.12 bits per heavy atom. The van der Waals surface area contributed by atoms with Crippen molar-refractivity contribution < 1.29 is 14.3 Å². The highest BCUT2D eigenvalue weighted by atomic mass is 16.5. The molecule has 130 valence electrons. The number of methoxy groups -OCH3 is 1. The quantitative estimate of drug-likeness (QED) is 0.875.